The Balaban J connectivity index is 1.68. The number of nitrogens with zero attached hydrogens (tertiary/aromatic N) is 1. The van der Waals surface area contributed by atoms with Crippen LogP contribution in [0.25, 0.3) is 0 Å². The molecule has 1 aliphatic heterocycles. The molecule has 0 radical (unpaired) electrons. The molecule has 1 heterocycles. The molecule has 2 aromatic rings. The molecule has 4 nitrogen and oxygen atoms in total. The first-order chi connectivity index (χ1) is 11.0. The third-order valence-corrected chi connectivity index (χ3v) is 6.32. The normalized spacial score (nSPS) is 18.7. The van der Waals surface area contributed by atoms with Gasteiger partial charge >= 0.3 is 0 Å². The highest BCUT2D eigenvalue weighted by atomic mass is 32.2. The standard InChI is InChI=1S/C18H21NO3S/c20-18(15-16-7-3-1-4-8-16)11-13-19(14-12-18)23(21,22)17-9-5-2-6-10-17/h1-10,20H,11-15H2. The molecular weight excluding hydrogens is 310 g/mol. The quantitative estimate of drug-likeness (QED) is 0.936. The van der Waals surface area contributed by atoms with Crippen molar-refractivity contribution >= 4 is 10.0 Å². The van der Waals surface area contributed by atoms with Crippen molar-refractivity contribution < 1.29 is 13.5 Å². The summed E-state index contributed by atoms with van der Waals surface area (Å²) in [5.74, 6) is 0. The summed E-state index contributed by atoms with van der Waals surface area (Å²) in [5.41, 5.74) is 0.249. The average Bonchev–Trinajstić information content (AvgIpc) is 2.57. The SMILES string of the molecule is O=S(=O)(c1ccccc1)N1CCC(O)(Cc2ccccc2)CC1. The molecule has 2 aromatic carbocycles. The molecule has 1 fully saturated rings. The first kappa shape index (κ1) is 16.2. The van der Waals surface area contributed by atoms with Crippen LogP contribution in [-0.4, -0.2) is 36.5 Å². The van der Waals surface area contributed by atoms with Crippen molar-refractivity contribution in [2.24, 2.45) is 0 Å². The molecule has 0 bridgehead atoms. The maximum Gasteiger partial charge on any atom is 0.243 e. The van der Waals surface area contributed by atoms with Crippen molar-refractivity contribution in [3.8, 4) is 0 Å². The Kier molecular flexibility index (Phi) is 4.53. The van der Waals surface area contributed by atoms with Crippen molar-refractivity contribution in [3.63, 3.8) is 0 Å². The largest absolute Gasteiger partial charge is 0.389 e. The van der Waals surface area contributed by atoms with E-state index in [9.17, 15) is 13.5 Å². The van der Waals surface area contributed by atoms with E-state index in [1.165, 1.54) is 4.31 Å². The number of sulfonamides is 1. The van der Waals surface area contributed by atoms with E-state index in [0.29, 0.717) is 37.2 Å². The minimum Gasteiger partial charge on any atom is -0.389 e. The van der Waals surface area contributed by atoms with Gasteiger partial charge < -0.3 is 5.11 Å². The molecule has 0 amide bonds. The Hall–Kier alpha value is -1.69. The fourth-order valence-electron chi connectivity index (χ4n) is 3.04. The molecule has 3 rings (SSSR count). The van der Waals surface area contributed by atoms with Crippen LogP contribution in [0.15, 0.2) is 65.6 Å². The Labute approximate surface area is 137 Å². The van der Waals surface area contributed by atoms with Gasteiger partial charge in [0.05, 0.1) is 10.5 Å². The molecule has 0 saturated carbocycles. The van der Waals surface area contributed by atoms with Gasteiger partial charge in [-0.2, -0.15) is 4.31 Å². The molecule has 1 saturated heterocycles. The summed E-state index contributed by atoms with van der Waals surface area (Å²) in [6.45, 7) is 0.696. The fourth-order valence-corrected chi connectivity index (χ4v) is 4.50. The number of benzene rings is 2. The van der Waals surface area contributed by atoms with Crippen LogP contribution in [0.5, 0.6) is 0 Å². The predicted octanol–water partition coefficient (Wildman–Crippen LogP) is 2.44. The summed E-state index contributed by atoms with van der Waals surface area (Å²) >= 11 is 0. The summed E-state index contributed by atoms with van der Waals surface area (Å²) in [4.78, 5) is 0.313. The maximum absolute atomic E-state index is 12.6. The lowest BCUT2D eigenvalue weighted by Gasteiger charge is -2.37. The van der Waals surface area contributed by atoms with E-state index in [0.717, 1.165) is 5.56 Å². The molecule has 23 heavy (non-hydrogen) atoms. The molecule has 0 aromatic heterocycles. The summed E-state index contributed by atoms with van der Waals surface area (Å²) in [6, 6.07) is 18.3. The highest BCUT2D eigenvalue weighted by molar-refractivity contribution is 7.89. The van der Waals surface area contributed by atoms with E-state index in [-0.39, 0.29) is 0 Å². The second-order valence-electron chi connectivity index (χ2n) is 6.10. The summed E-state index contributed by atoms with van der Waals surface area (Å²) < 4.78 is 26.7. The zero-order valence-corrected chi connectivity index (χ0v) is 13.7. The van der Waals surface area contributed by atoms with Crippen LogP contribution >= 0.6 is 0 Å². The number of aliphatic hydroxyl groups is 1. The zero-order valence-electron chi connectivity index (χ0n) is 12.9. The Morgan fingerprint density at radius 3 is 2.00 bits per heavy atom. The molecular formula is C18H21NO3S. The van der Waals surface area contributed by atoms with Crippen molar-refractivity contribution in [2.75, 3.05) is 13.1 Å². The zero-order chi connectivity index (χ0) is 16.3. The minimum absolute atomic E-state index is 0.313. The third-order valence-electron chi connectivity index (χ3n) is 4.41. The van der Waals surface area contributed by atoms with Crippen molar-refractivity contribution in [3.05, 3.63) is 66.2 Å². The van der Waals surface area contributed by atoms with Crippen LogP contribution in [-0.2, 0) is 16.4 Å². The molecule has 1 aliphatic rings. The Morgan fingerprint density at radius 1 is 0.913 bits per heavy atom. The van der Waals surface area contributed by atoms with Gasteiger partial charge in [0.25, 0.3) is 0 Å². The molecule has 0 spiro atoms. The maximum atomic E-state index is 12.6. The molecule has 0 atom stereocenters. The van der Waals surface area contributed by atoms with Gasteiger partial charge in [-0.1, -0.05) is 48.5 Å². The van der Waals surface area contributed by atoms with Gasteiger partial charge in [0, 0.05) is 19.5 Å². The van der Waals surface area contributed by atoms with Gasteiger partial charge in [-0.15, -0.1) is 0 Å². The highest BCUT2D eigenvalue weighted by Gasteiger charge is 2.36. The second-order valence-corrected chi connectivity index (χ2v) is 8.04. The summed E-state index contributed by atoms with van der Waals surface area (Å²) in [5, 5.41) is 10.8. The van der Waals surface area contributed by atoms with Crippen molar-refractivity contribution in [2.45, 2.75) is 29.8 Å². The van der Waals surface area contributed by atoms with Crippen molar-refractivity contribution in [1.29, 1.82) is 0 Å². The van der Waals surface area contributed by atoms with E-state index in [1.807, 2.05) is 30.3 Å². The monoisotopic (exact) mass is 331 g/mol. The Bertz CT molecular complexity index is 736. The first-order valence-electron chi connectivity index (χ1n) is 7.81. The van der Waals surface area contributed by atoms with E-state index >= 15 is 0 Å². The van der Waals surface area contributed by atoms with Gasteiger partial charge in [-0.3, -0.25) is 0 Å². The number of piperidine rings is 1. The van der Waals surface area contributed by atoms with Crippen LogP contribution in [0.2, 0.25) is 0 Å². The van der Waals surface area contributed by atoms with E-state index in [2.05, 4.69) is 0 Å². The lowest BCUT2D eigenvalue weighted by atomic mass is 9.86. The number of hydrogen-bond donors (Lipinski definition) is 1. The average molecular weight is 331 g/mol. The fraction of sp³-hybridized carbons (Fsp3) is 0.333. The van der Waals surface area contributed by atoms with Gasteiger partial charge in [0.2, 0.25) is 10.0 Å². The Morgan fingerprint density at radius 2 is 1.43 bits per heavy atom. The summed E-state index contributed by atoms with van der Waals surface area (Å²) in [7, 11) is -3.46. The summed E-state index contributed by atoms with van der Waals surface area (Å²) in [6.07, 6.45) is 1.47. The second kappa shape index (κ2) is 6.43. The molecule has 1 N–H and O–H groups in total. The van der Waals surface area contributed by atoms with Gasteiger partial charge in [0.1, 0.15) is 0 Å². The lowest BCUT2D eigenvalue weighted by molar-refractivity contribution is -0.00441. The van der Waals surface area contributed by atoms with Gasteiger partial charge in [-0.05, 0) is 30.5 Å². The van der Waals surface area contributed by atoms with Crippen molar-refractivity contribution in [1.82, 2.24) is 4.31 Å². The molecule has 5 heteroatoms. The smallest absolute Gasteiger partial charge is 0.243 e. The topological polar surface area (TPSA) is 57.6 Å². The van der Waals surface area contributed by atoms with Crippen LogP contribution < -0.4 is 0 Å². The number of hydrogen-bond acceptors (Lipinski definition) is 3. The predicted molar refractivity (Wildman–Crippen MR) is 89.5 cm³/mol. The number of rotatable bonds is 4. The van der Waals surface area contributed by atoms with E-state index in [4.69, 9.17) is 0 Å². The van der Waals surface area contributed by atoms with Gasteiger partial charge in [-0.25, -0.2) is 8.42 Å². The third kappa shape index (κ3) is 3.63. The van der Waals surface area contributed by atoms with E-state index < -0.39 is 15.6 Å². The first-order valence-corrected chi connectivity index (χ1v) is 9.25. The van der Waals surface area contributed by atoms with Crippen LogP contribution in [0, 0.1) is 0 Å². The van der Waals surface area contributed by atoms with Gasteiger partial charge in [0.15, 0.2) is 0 Å². The molecule has 0 aliphatic carbocycles. The van der Waals surface area contributed by atoms with Crippen LogP contribution in [0.1, 0.15) is 18.4 Å². The lowest BCUT2D eigenvalue weighted by Crippen LogP contribution is -2.47. The molecule has 0 unspecified atom stereocenters. The highest BCUT2D eigenvalue weighted by Crippen LogP contribution is 2.29. The molecule has 122 valence electrons. The van der Waals surface area contributed by atoms with Crippen LogP contribution in [0.4, 0.5) is 0 Å². The van der Waals surface area contributed by atoms with E-state index in [1.54, 1.807) is 30.3 Å². The minimum atomic E-state index is -3.46. The van der Waals surface area contributed by atoms with Crippen LogP contribution in [0.3, 0.4) is 0 Å².